The summed E-state index contributed by atoms with van der Waals surface area (Å²) in [5.41, 5.74) is 0. The third kappa shape index (κ3) is 1010. The van der Waals surface area contributed by atoms with Crippen LogP contribution in [0.5, 0.6) is 0 Å². The van der Waals surface area contributed by atoms with Crippen molar-refractivity contribution in [2.24, 2.45) is 0 Å². The molecule has 0 amide bonds. The average Bonchev–Trinajstić information content (AvgIpc) is 1.39. The molecule has 0 saturated carbocycles. The van der Waals surface area contributed by atoms with Gasteiger partial charge in [-0.15, -0.1) is 0 Å². The minimum absolute atomic E-state index is 0. The Morgan fingerprint density at radius 1 is 0.625 bits per heavy atom. The Morgan fingerprint density at radius 3 is 0.625 bits per heavy atom. The fourth-order valence-electron chi connectivity index (χ4n) is 0. The third-order valence-electron chi connectivity index (χ3n) is 0. The van der Waals surface area contributed by atoms with E-state index in [0.29, 0.717) is 0 Å². The molecular weight excluding hydrogens is 128 g/mol. The van der Waals surface area contributed by atoms with Crippen LogP contribution < -0.4 is 0 Å². The van der Waals surface area contributed by atoms with Crippen molar-refractivity contribution in [2.75, 3.05) is 0 Å². The van der Waals surface area contributed by atoms with Crippen LogP contribution in [0, 0.1) is 0 Å². The molecule has 56 valence electrons. The second-order valence-corrected chi connectivity index (χ2v) is 1.41. The molecule has 0 aliphatic carbocycles. The summed E-state index contributed by atoms with van der Waals surface area (Å²) in [6, 6.07) is 0. The third-order valence-corrected chi connectivity index (χ3v) is 0. The number of hydrogen-bond acceptors (Lipinski definition) is 0. The molecule has 0 spiro atoms. The molecule has 0 heterocycles. The molecule has 0 aromatic rings. The molecule has 0 aromatic heterocycles. The molecule has 8 heavy (non-hydrogen) atoms. The maximum atomic E-state index is 2.12. The highest BCUT2D eigenvalue weighted by Crippen LogP contribution is 1.56. The van der Waals surface area contributed by atoms with E-state index in [2.05, 4.69) is 27.7 Å². The fraction of sp³-hybridized carbons (Fsp3) is 1.00. The van der Waals surface area contributed by atoms with Gasteiger partial charge in [-0.3, -0.25) is 0 Å². The molecule has 0 bridgehead atoms. The topological polar surface area (TPSA) is 0 Å². The van der Waals surface area contributed by atoms with Crippen LogP contribution in [0.3, 0.4) is 0 Å². The lowest BCUT2D eigenvalue weighted by Crippen LogP contribution is -1.27. The average molecular weight is 152 g/mol. The van der Waals surface area contributed by atoms with Crippen molar-refractivity contribution >= 4 is 21.9 Å². The zero-order chi connectivity index (χ0) is 5.41. The summed E-state index contributed by atoms with van der Waals surface area (Å²) in [7, 11) is 0. The standard InChI is InChI=1S/2C3H8.2H4Si/c2*1-3-2;;/h2*3H2,1-2H3;2*1H4. The molecule has 0 radical (unpaired) electrons. The maximum absolute atomic E-state index is 2.12. The molecule has 0 aliphatic heterocycles. The highest BCUT2D eigenvalue weighted by Gasteiger charge is 1.36. The Bertz CT molecular complexity index is 8.49. The summed E-state index contributed by atoms with van der Waals surface area (Å²) in [6.07, 6.45) is 2.50. The summed E-state index contributed by atoms with van der Waals surface area (Å²) in [4.78, 5) is 0. The van der Waals surface area contributed by atoms with Crippen molar-refractivity contribution in [1.82, 2.24) is 0 Å². The van der Waals surface area contributed by atoms with Gasteiger partial charge in [0.15, 0.2) is 0 Å². The quantitative estimate of drug-likeness (QED) is 0.426. The monoisotopic (exact) mass is 152 g/mol. The number of rotatable bonds is 0. The van der Waals surface area contributed by atoms with E-state index in [1.165, 1.54) is 12.8 Å². The van der Waals surface area contributed by atoms with E-state index < -0.39 is 0 Å². The molecule has 2 heteroatoms. The van der Waals surface area contributed by atoms with Gasteiger partial charge in [-0.1, -0.05) is 40.5 Å². The van der Waals surface area contributed by atoms with Crippen LogP contribution in [0.2, 0.25) is 0 Å². The minimum Gasteiger partial charge on any atom is -0.0656 e. The van der Waals surface area contributed by atoms with Gasteiger partial charge in [-0.2, -0.15) is 0 Å². The number of hydrogen-bond donors (Lipinski definition) is 0. The van der Waals surface area contributed by atoms with Crippen LogP contribution >= 0.6 is 0 Å². The largest absolute Gasteiger partial charge is 0.0656 e. The van der Waals surface area contributed by atoms with Gasteiger partial charge in [-0.25, -0.2) is 0 Å². The van der Waals surface area contributed by atoms with Gasteiger partial charge in [0, 0.05) is 0 Å². The Balaban J connectivity index is -0.0000000160. The van der Waals surface area contributed by atoms with Gasteiger partial charge in [0.2, 0.25) is 0 Å². The first-order valence-electron chi connectivity index (χ1n) is 2.83. The van der Waals surface area contributed by atoms with Crippen LogP contribution in [0.15, 0.2) is 0 Å². The summed E-state index contributed by atoms with van der Waals surface area (Å²) in [5, 5.41) is 0. The predicted molar refractivity (Wildman–Crippen MR) is 54.6 cm³/mol. The van der Waals surface area contributed by atoms with Crippen LogP contribution in [0.25, 0.3) is 0 Å². The normalized spacial score (nSPS) is 4.50. The van der Waals surface area contributed by atoms with Crippen LogP contribution in [-0.4, -0.2) is 21.9 Å². The first-order chi connectivity index (χ1) is 2.83. The summed E-state index contributed by atoms with van der Waals surface area (Å²) in [5.74, 6) is 0. The van der Waals surface area contributed by atoms with Crippen molar-refractivity contribution in [3.8, 4) is 0 Å². The summed E-state index contributed by atoms with van der Waals surface area (Å²) in [6.45, 7) is 8.50. The summed E-state index contributed by atoms with van der Waals surface area (Å²) < 4.78 is 0. The second-order valence-electron chi connectivity index (χ2n) is 1.41. The van der Waals surface area contributed by atoms with E-state index in [0.717, 1.165) is 0 Å². The van der Waals surface area contributed by atoms with E-state index in [1.807, 2.05) is 0 Å². The smallest absolute Gasteiger partial charge is 0.0149 e. The van der Waals surface area contributed by atoms with Crippen molar-refractivity contribution < 1.29 is 0 Å². The molecule has 0 fully saturated rings. The van der Waals surface area contributed by atoms with Gasteiger partial charge >= 0.3 is 0 Å². The molecular formula is C6H24Si2. The highest BCUT2D eigenvalue weighted by molar-refractivity contribution is 5.76. The zero-order valence-electron chi connectivity index (χ0n) is 5.41. The van der Waals surface area contributed by atoms with Gasteiger partial charge in [0.05, 0.1) is 0 Å². The maximum Gasteiger partial charge on any atom is -0.0149 e. The minimum atomic E-state index is 0. The first-order valence-corrected chi connectivity index (χ1v) is 2.83. The Kier molecular flexibility index (Phi) is 154. The van der Waals surface area contributed by atoms with Gasteiger partial charge in [-0.05, 0) is 21.9 Å². The fourth-order valence-corrected chi connectivity index (χ4v) is 0. The lowest BCUT2D eigenvalue weighted by molar-refractivity contribution is 1.09. The molecule has 0 rings (SSSR count). The molecule has 0 aliphatic rings. The molecule has 0 saturated heterocycles. The molecule has 0 N–H and O–H groups in total. The van der Waals surface area contributed by atoms with Gasteiger partial charge in [0.25, 0.3) is 0 Å². The summed E-state index contributed by atoms with van der Waals surface area (Å²) >= 11 is 0. The molecule has 0 aromatic carbocycles. The van der Waals surface area contributed by atoms with Crippen LogP contribution in [0.4, 0.5) is 0 Å². The first kappa shape index (κ1) is 23.7. The van der Waals surface area contributed by atoms with Gasteiger partial charge in [0.1, 0.15) is 0 Å². The molecule has 0 atom stereocenters. The lowest BCUT2D eigenvalue weighted by atomic mass is 10.6. The van der Waals surface area contributed by atoms with E-state index in [4.69, 9.17) is 0 Å². The zero-order valence-corrected chi connectivity index (χ0v) is 5.41. The second kappa shape index (κ2) is 51.9. The lowest BCUT2D eigenvalue weighted by Gasteiger charge is -1.48. The van der Waals surface area contributed by atoms with Crippen molar-refractivity contribution in [2.45, 2.75) is 40.5 Å². The van der Waals surface area contributed by atoms with E-state index >= 15 is 0 Å². The SMILES string of the molecule is CCC.CCC.[SiH4].[SiH4]. The molecule has 0 nitrogen and oxygen atoms in total. The Morgan fingerprint density at radius 2 is 0.625 bits per heavy atom. The molecule has 0 unspecified atom stereocenters. The van der Waals surface area contributed by atoms with Crippen molar-refractivity contribution in [3.63, 3.8) is 0 Å². The van der Waals surface area contributed by atoms with E-state index in [1.54, 1.807) is 0 Å². The van der Waals surface area contributed by atoms with Crippen LogP contribution in [-0.2, 0) is 0 Å². The van der Waals surface area contributed by atoms with Gasteiger partial charge < -0.3 is 0 Å². The van der Waals surface area contributed by atoms with Crippen LogP contribution in [0.1, 0.15) is 40.5 Å². The van der Waals surface area contributed by atoms with Crippen molar-refractivity contribution in [1.29, 1.82) is 0 Å². The van der Waals surface area contributed by atoms with Crippen molar-refractivity contribution in [3.05, 3.63) is 0 Å². The predicted octanol–water partition coefficient (Wildman–Crippen LogP) is -0.0706. The Hall–Kier alpha value is 0.434. The van der Waals surface area contributed by atoms with E-state index in [-0.39, 0.29) is 21.9 Å². The highest BCUT2D eigenvalue weighted by atomic mass is 28.1. The van der Waals surface area contributed by atoms with E-state index in [9.17, 15) is 0 Å². The Labute approximate surface area is 63.1 Å².